The van der Waals surface area contributed by atoms with Gasteiger partial charge in [-0.3, -0.25) is 19.7 Å². The molecule has 0 spiro atoms. The molecular weight excluding hydrogens is 438 g/mol. The summed E-state index contributed by atoms with van der Waals surface area (Å²) in [5, 5.41) is 12.4. The first-order valence-corrected chi connectivity index (χ1v) is 12.6. The molecule has 5 rings (SSSR count). The molecule has 1 fully saturated rings. The van der Waals surface area contributed by atoms with Gasteiger partial charge in [-0.2, -0.15) is 5.10 Å². The van der Waals surface area contributed by atoms with Crippen LogP contribution in [0.5, 0.6) is 0 Å². The fraction of sp³-hybridized carbons (Fsp3) is 0.292. The van der Waals surface area contributed by atoms with Gasteiger partial charge in [0.2, 0.25) is 0 Å². The fourth-order valence-corrected chi connectivity index (χ4v) is 5.40. The van der Waals surface area contributed by atoms with E-state index in [1.165, 1.54) is 30.6 Å². The van der Waals surface area contributed by atoms with E-state index in [2.05, 4.69) is 27.3 Å². The van der Waals surface area contributed by atoms with Crippen molar-refractivity contribution in [2.24, 2.45) is 0 Å². The molecule has 4 heterocycles. The number of thiazole rings is 1. The van der Waals surface area contributed by atoms with Crippen molar-refractivity contribution in [3.63, 3.8) is 0 Å². The zero-order chi connectivity index (χ0) is 21.8. The number of hydrogen-bond acceptors (Lipinski definition) is 6. The van der Waals surface area contributed by atoms with Gasteiger partial charge in [-0.15, -0.1) is 22.7 Å². The van der Waals surface area contributed by atoms with Gasteiger partial charge in [-0.05, 0) is 42.9 Å². The molecule has 8 heteroatoms. The van der Waals surface area contributed by atoms with Gasteiger partial charge in [0.05, 0.1) is 22.7 Å². The lowest BCUT2D eigenvalue weighted by atomic mass is 10.1. The van der Waals surface area contributed by atoms with Gasteiger partial charge in [0, 0.05) is 18.1 Å². The number of carbonyl (C=O) groups is 1. The zero-order valence-corrected chi connectivity index (χ0v) is 19.4. The molecule has 164 valence electrons. The lowest BCUT2D eigenvalue weighted by Crippen LogP contribution is -2.29. The summed E-state index contributed by atoms with van der Waals surface area (Å²) in [5.41, 5.74) is 3.43. The Labute approximate surface area is 195 Å². The molecule has 1 saturated heterocycles. The number of hydrogen-bond donors (Lipinski definition) is 1. The van der Waals surface area contributed by atoms with Crippen molar-refractivity contribution in [3.05, 3.63) is 76.2 Å². The van der Waals surface area contributed by atoms with Gasteiger partial charge >= 0.3 is 0 Å². The van der Waals surface area contributed by atoms with Crippen LogP contribution in [-0.4, -0.2) is 38.7 Å². The smallest absolute Gasteiger partial charge is 0.261 e. The van der Waals surface area contributed by atoms with Crippen LogP contribution in [0.25, 0.3) is 10.6 Å². The molecule has 1 aliphatic rings. The van der Waals surface area contributed by atoms with Crippen molar-refractivity contribution in [3.8, 4) is 10.6 Å². The Hall–Kier alpha value is -2.81. The molecule has 0 unspecified atom stereocenters. The minimum absolute atomic E-state index is 0.174. The number of anilines is 1. The van der Waals surface area contributed by atoms with Gasteiger partial charge in [-0.25, -0.2) is 4.98 Å². The second-order valence-electron chi connectivity index (χ2n) is 7.99. The quantitative estimate of drug-likeness (QED) is 0.401. The number of aromatic nitrogens is 3. The molecular formula is C24H25N5OS2. The van der Waals surface area contributed by atoms with Gasteiger partial charge in [-0.1, -0.05) is 42.8 Å². The largest absolute Gasteiger partial charge is 0.298 e. The Kier molecular flexibility index (Phi) is 6.43. The normalized spacial score (nSPS) is 14.5. The van der Waals surface area contributed by atoms with Gasteiger partial charge in [0.25, 0.3) is 5.91 Å². The van der Waals surface area contributed by atoms with Crippen molar-refractivity contribution in [2.45, 2.75) is 32.4 Å². The molecule has 0 radical (unpaired) electrons. The first-order valence-electron chi connectivity index (χ1n) is 10.9. The molecule has 0 saturated carbocycles. The standard InChI is InChI=1S/C24H25N5OS2/c30-23(26-24-25-19(17-32-24)15-28-11-5-2-6-12-28)20-16-29(14-18-8-3-1-4-9-18)27-22(20)21-10-7-13-31-21/h1,3-4,7-10,13,16-17H,2,5-6,11-12,14-15H2,(H,25,26,30). The highest BCUT2D eigenvalue weighted by molar-refractivity contribution is 7.14. The summed E-state index contributed by atoms with van der Waals surface area (Å²) in [6, 6.07) is 14.1. The number of nitrogens with zero attached hydrogens (tertiary/aromatic N) is 4. The minimum atomic E-state index is -0.174. The monoisotopic (exact) mass is 463 g/mol. The topological polar surface area (TPSA) is 63.1 Å². The van der Waals surface area contributed by atoms with E-state index in [1.807, 2.05) is 52.0 Å². The third-order valence-electron chi connectivity index (χ3n) is 5.55. The average Bonchev–Trinajstić information content (AvgIpc) is 3.56. The van der Waals surface area contributed by atoms with Crippen LogP contribution in [0, 0.1) is 0 Å². The van der Waals surface area contributed by atoms with Gasteiger partial charge < -0.3 is 0 Å². The summed E-state index contributed by atoms with van der Waals surface area (Å²) in [6.07, 6.45) is 5.66. The average molecular weight is 464 g/mol. The summed E-state index contributed by atoms with van der Waals surface area (Å²) in [6.45, 7) is 3.72. The second-order valence-corrected chi connectivity index (χ2v) is 9.79. The lowest BCUT2D eigenvalue weighted by molar-refractivity contribution is 0.102. The molecule has 32 heavy (non-hydrogen) atoms. The Morgan fingerprint density at radius 3 is 2.62 bits per heavy atom. The van der Waals surface area contributed by atoms with E-state index in [9.17, 15) is 4.79 Å². The highest BCUT2D eigenvalue weighted by atomic mass is 32.1. The van der Waals surface area contributed by atoms with E-state index in [0.29, 0.717) is 22.9 Å². The van der Waals surface area contributed by atoms with Crippen LogP contribution < -0.4 is 5.32 Å². The maximum atomic E-state index is 13.2. The zero-order valence-electron chi connectivity index (χ0n) is 17.7. The number of carbonyl (C=O) groups excluding carboxylic acids is 1. The van der Waals surface area contributed by atoms with Crippen LogP contribution >= 0.6 is 22.7 Å². The Morgan fingerprint density at radius 1 is 1.00 bits per heavy atom. The van der Waals surface area contributed by atoms with Crippen molar-refractivity contribution >= 4 is 33.7 Å². The van der Waals surface area contributed by atoms with Crippen LogP contribution in [0.2, 0.25) is 0 Å². The molecule has 3 aromatic heterocycles. The molecule has 0 bridgehead atoms. The van der Waals surface area contributed by atoms with Crippen molar-refractivity contribution in [2.75, 3.05) is 18.4 Å². The molecule has 1 N–H and O–H groups in total. The van der Waals surface area contributed by atoms with Crippen LogP contribution in [0.1, 0.15) is 40.9 Å². The molecule has 1 amide bonds. The van der Waals surface area contributed by atoms with Crippen LogP contribution in [0.15, 0.2) is 59.4 Å². The number of nitrogens with one attached hydrogen (secondary N) is 1. The van der Waals surface area contributed by atoms with Crippen LogP contribution in [-0.2, 0) is 13.1 Å². The van der Waals surface area contributed by atoms with Gasteiger partial charge in [0.1, 0.15) is 5.69 Å². The van der Waals surface area contributed by atoms with Gasteiger partial charge in [0.15, 0.2) is 5.13 Å². The maximum absolute atomic E-state index is 13.2. The molecule has 1 aliphatic heterocycles. The Balaban J connectivity index is 1.33. The van der Waals surface area contributed by atoms with Crippen LogP contribution in [0.4, 0.5) is 5.13 Å². The summed E-state index contributed by atoms with van der Waals surface area (Å²) in [7, 11) is 0. The molecule has 0 aliphatic carbocycles. The van der Waals surface area contributed by atoms with E-state index in [1.54, 1.807) is 11.3 Å². The fourth-order valence-electron chi connectivity index (χ4n) is 3.98. The van der Waals surface area contributed by atoms with E-state index in [0.717, 1.165) is 35.8 Å². The Morgan fingerprint density at radius 2 is 1.84 bits per heavy atom. The van der Waals surface area contributed by atoms with Crippen molar-refractivity contribution in [1.82, 2.24) is 19.7 Å². The second kappa shape index (κ2) is 9.77. The third kappa shape index (κ3) is 4.98. The summed E-state index contributed by atoms with van der Waals surface area (Å²) < 4.78 is 1.84. The maximum Gasteiger partial charge on any atom is 0.261 e. The number of thiophene rings is 1. The predicted molar refractivity (Wildman–Crippen MR) is 130 cm³/mol. The first kappa shape index (κ1) is 21.1. The lowest BCUT2D eigenvalue weighted by Gasteiger charge is -2.25. The number of benzene rings is 1. The van der Waals surface area contributed by atoms with E-state index in [4.69, 9.17) is 5.10 Å². The highest BCUT2D eigenvalue weighted by Crippen LogP contribution is 2.28. The van der Waals surface area contributed by atoms with Crippen LogP contribution in [0.3, 0.4) is 0 Å². The number of rotatable bonds is 7. The minimum Gasteiger partial charge on any atom is -0.298 e. The predicted octanol–water partition coefficient (Wildman–Crippen LogP) is 5.35. The number of likely N-dealkylation sites (tertiary alicyclic amines) is 1. The Bertz CT molecular complexity index is 1160. The third-order valence-corrected chi connectivity index (χ3v) is 7.24. The molecule has 0 atom stereocenters. The number of amides is 1. The van der Waals surface area contributed by atoms with Crippen molar-refractivity contribution in [1.29, 1.82) is 0 Å². The molecule has 4 aromatic rings. The van der Waals surface area contributed by atoms with E-state index >= 15 is 0 Å². The summed E-state index contributed by atoms with van der Waals surface area (Å²) >= 11 is 3.06. The molecule has 6 nitrogen and oxygen atoms in total. The van der Waals surface area contributed by atoms with E-state index < -0.39 is 0 Å². The first-order chi connectivity index (χ1) is 15.7. The summed E-state index contributed by atoms with van der Waals surface area (Å²) in [4.78, 5) is 21.3. The molecule has 1 aromatic carbocycles. The highest BCUT2D eigenvalue weighted by Gasteiger charge is 2.20. The van der Waals surface area contributed by atoms with Crippen molar-refractivity contribution < 1.29 is 4.79 Å². The summed E-state index contributed by atoms with van der Waals surface area (Å²) in [5.74, 6) is -0.174. The SMILES string of the molecule is O=C(Nc1nc(CN2CCCCC2)cs1)c1cn(Cc2ccccc2)nc1-c1cccs1. The van der Waals surface area contributed by atoms with E-state index in [-0.39, 0.29) is 5.91 Å². The number of piperidine rings is 1.